The van der Waals surface area contributed by atoms with Crippen LogP contribution >= 0.6 is 0 Å². The second-order valence-electron chi connectivity index (χ2n) is 2.50. The van der Waals surface area contributed by atoms with Crippen molar-refractivity contribution in [1.82, 2.24) is 0 Å². The molecule has 0 aromatic carbocycles. The van der Waals surface area contributed by atoms with Gasteiger partial charge >= 0.3 is 0 Å². The fraction of sp³-hybridized carbons (Fsp3) is 1.00. The molecule has 0 radical (unpaired) electrons. The van der Waals surface area contributed by atoms with Gasteiger partial charge < -0.3 is 35.4 Å². The smallest absolute Gasteiger partial charge is 0.261 e. The predicted molar refractivity (Wildman–Crippen MR) is 65.9 cm³/mol. The van der Waals surface area contributed by atoms with Gasteiger partial charge in [-0.25, -0.2) is 0 Å². The molecule has 1 atom stereocenters. The van der Waals surface area contributed by atoms with E-state index in [-0.39, 0.29) is 33.0 Å². The molecule has 122 valence electrons. The summed E-state index contributed by atoms with van der Waals surface area (Å²) in [6, 6.07) is 0. The highest BCUT2D eigenvalue weighted by Gasteiger charge is 1.92. The lowest BCUT2D eigenvalue weighted by Gasteiger charge is -1.99. The van der Waals surface area contributed by atoms with Crippen LogP contribution in [0.4, 0.5) is 0 Å². The van der Waals surface area contributed by atoms with Crippen molar-refractivity contribution in [2.24, 2.45) is 0 Å². The van der Waals surface area contributed by atoms with E-state index in [2.05, 4.69) is 4.74 Å². The van der Waals surface area contributed by atoms with Crippen LogP contribution < -0.4 is 0 Å². The summed E-state index contributed by atoms with van der Waals surface area (Å²) in [5.74, 6) is 0. The highest BCUT2D eigenvalue weighted by molar-refractivity contribution is 7.85. The Morgan fingerprint density at radius 1 is 0.947 bits per heavy atom. The number of aliphatic hydroxyl groups excluding tert-OH is 6. The third kappa shape index (κ3) is 136. The minimum absolute atomic E-state index is 0.125. The molecule has 0 fully saturated rings. The molecular formula is C8H24O10S. The first-order valence-electron chi connectivity index (χ1n) is 4.82. The summed E-state index contributed by atoms with van der Waals surface area (Å²) in [5, 5.41) is 46.7. The average Bonchev–Trinajstić information content (AvgIpc) is 2.36. The fourth-order valence-corrected chi connectivity index (χ4v) is 0.0745. The molecule has 11 heteroatoms. The summed E-state index contributed by atoms with van der Waals surface area (Å²) in [5.41, 5.74) is 0. The molecule has 0 saturated carbocycles. The fourth-order valence-electron chi connectivity index (χ4n) is 0.0745. The number of hydrogen-bond acceptors (Lipinski definition) is 9. The van der Waals surface area contributed by atoms with Gasteiger partial charge in [-0.2, -0.15) is 8.42 Å². The number of aliphatic hydroxyl groups is 6. The van der Waals surface area contributed by atoms with Crippen molar-refractivity contribution in [3.63, 3.8) is 0 Å². The van der Waals surface area contributed by atoms with Crippen LogP contribution in [0.3, 0.4) is 0 Å². The van der Waals surface area contributed by atoms with E-state index >= 15 is 0 Å². The van der Waals surface area contributed by atoms with E-state index < -0.39 is 16.4 Å². The van der Waals surface area contributed by atoms with Crippen LogP contribution in [-0.2, 0) is 14.9 Å². The van der Waals surface area contributed by atoms with Gasteiger partial charge in [0.2, 0.25) is 0 Å². The van der Waals surface area contributed by atoms with Gasteiger partial charge in [0, 0.05) is 7.11 Å². The second kappa shape index (κ2) is 22.8. The zero-order chi connectivity index (χ0) is 16.3. The molecule has 0 heterocycles. The van der Waals surface area contributed by atoms with Crippen molar-refractivity contribution in [3.8, 4) is 0 Å². The summed E-state index contributed by atoms with van der Waals surface area (Å²) in [7, 11) is -2.35. The first kappa shape index (κ1) is 27.1. The summed E-state index contributed by atoms with van der Waals surface area (Å²) in [4.78, 5) is 0. The second-order valence-corrected chi connectivity index (χ2v) is 3.97. The standard InChI is InChI=1S/C3H8O3.2C2H6O2.CH4O3S/c1-6-3(5)2-4;2*3-1-2-4;1-5(2,3)4/h3-5H,2H2,1H3;2*3-4H,1-2H2;1H3,(H,2,3,4). The minimum Gasteiger partial charge on any atom is -0.394 e. The van der Waals surface area contributed by atoms with Gasteiger partial charge in [-0.05, 0) is 0 Å². The molecule has 19 heavy (non-hydrogen) atoms. The number of rotatable bonds is 4. The van der Waals surface area contributed by atoms with Gasteiger partial charge in [0.05, 0.1) is 39.3 Å². The van der Waals surface area contributed by atoms with Crippen molar-refractivity contribution in [1.29, 1.82) is 0 Å². The van der Waals surface area contributed by atoms with Gasteiger partial charge in [0.1, 0.15) is 0 Å². The lowest BCUT2D eigenvalue weighted by atomic mass is 10.7. The molecule has 0 aromatic heterocycles. The first-order valence-corrected chi connectivity index (χ1v) is 6.66. The van der Waals surface area contributed by atoms with Crippen LogP contribution in [0, 0.1) is 0 Å². The lowest BCUT2D eigenvalue weighted by molar-refractivity contribution is -0.102. The van der Waals surface area contributed by atoms with E-state index in [0.717, 1.165) is 0 Å². The lowest BCUT2D eigenvalue weighted by Crippen LogP contribution is -2.12. The molecule has 0 amide bonds. The molecule has 10 nitrogen and oxygen atoms in total. The Morgan fingerprint density at radius 2 is 1.16 bits per heavy atom. The Morgan fingerprint density at radius 3 is 1.16 bits per heavy atom. The topological polar surface area (TPSA) is 185 Å². The van der Waals surface area contributed by atoms with Crippen LogP contribution in [0.5, 0.6) is 0 Å². The molecule has 0 aliphatic carbocycles. The maximum Gasteiger partial charge on any atom is 0.261 e. The Balaban J connectivity index is -0.0000000803. The summed E-state index contributed by atoms with van der Waals surface area (Å²) in [6.45, 7) is -0.837. The molecule has 0 aliphatic heterocycles. The molecule has 0 aliphatic rings. The number of hydrogen-bond donors (Lipinski definition) is 7. The maximum absolute atomic E-state index is 9.19. The van der Waals surface area contributed by atoms with Gasteiger partial charge in [0.15, 0.2) is 6.29 Å². The maximum atomic E-state index is 9.19. The highest BCUT2D eigenvalue weighted by atomic mass is 32.2. The third-order valence-electron chi connectivity index (χ3n) is 0.628. The molecule has 7 N–H and O–H groups in total. The van der Waals surface area contributed by atoms with E-state index in [1.54, 1.807) is 0 Å². The SMILES string of the molecule is COC(O)CO.CS(=O)(=O)O.OCCO.OCCO. The molecule has 0 spiro atoms. The number of ether oxygens (including phenoxy) is 1. The molecule has 0 rings (SSSR count). The average molecular weight is 312 g/mol. The van der Waals surface area contributed by atoms with Crippen LogP contribution in [-0.4, -0.2) is 96.3 Å². The van der Waals surface area contributed by atoms with E-state index in [9.17, 15) is 8.42 Å². The van der Waals surface area contributed by atoms with E-state index in [0.29, 0.717) is 6.26 Å². The zero-order valence-corrected chi connectivity index (χ0v) is 11.7. The first-order chi connectivity index (χ1) is 8.64. The van der Waals surface area contributed by atoms with E-state index in [1.165, 1.54) is 7.11 Å². The third-order valence-corrected chi connectivity index (χ3v) is 0.628. The van der Waals surface area contributed by atoms with Crippen LogP contribution in [0.1, 0.15) is 0 Å². The predicted octanol–water partition coefficient (Wildman–Crippen LogP) is -3.61. The Hall–Kier alpha value is -0.370. The summed E-state index contributed by atoms with van der Waals surface area (Å²) >= 11 is 0. The molecule has 0 saturated heterocycles. The van der Waals surface area contributed by atoms with Crippen LogP contribution in [0.25, 0.3) is 0 Å². The monoisotopic (exact) mass is 312 g/mol. The molecule has 0 aromatic rings. The van der Waals surface area contributed by atoms with Gasteiger partial charge in [-0.15, -0.1) is 0 Å². The van der Waals surface area contributed by atoms with E-state index in [4.69, 9.17) is 35.2 Å². The Bertz CT molecular complexity index is 198. The Kier molecular flexibility index (Phi) is 32.4. The summed E-state index contributed by atoms with van der Waals surface area (Å²) < 4.78 is 30.1. The number of methoxy groups -OCH3 is 1. The van der Waals surface area contributed by atoms with Crippen molar-refractivity contribution < 1.29 is 48.3 Å². The van der Waals surface area contributed by atoms with E-state index in [1.807, 2.05) is 0 Å². The normalized spacial score (nSPS) is 10.8. The molecule has 0 bridgehead atoms. The zero-order valence-electron chi connectivity index (χ0n) is 10.9. The molecular weight excluding hydrogens is 288 g/mol. The van der Waals surface area contributed by atoms with Gasteiger partial charge in [-0.1, -0.05) is 0 Å². The van der Waals surface area contributed by atoms with Crippen LogP contribution in [0.15, 0.2) is 0 Å². The van der Waals surface area contributed by atoms with Gasteiger partial charge in [0.25, 0.3) is 10.1 Å². The van der Waals surface area contributed by atoms with Crippen molar-refractivity contribution in [2.45, 2.75) is 6.29 Å². The Labute approximate surface area is 112 Å². The molecule has 1 unspecified atom stereocenters. The van der Waals surface area contributed by atoms with Crippen molar-refractivity contribution in [3.05, 3.63) is 0 Å². The minimum atomic E-state index is -3.67. The van der Waals surface area contributed by atoms with Gasteiger partial charge in [-0.3, -0.25) is 4.55 Å². The highest BCUT2D eigenvalue weighted by Crippen LogP contribution is 1.75. The summed E-state index contributed by atoms with van der Waals surface area (Å²) in [6.07, 6.45) is -0.294. The van der Waals surface area contributed by atoms with Crippen LogP contribution in [0.2, 0.25) is 0 Å². The quantitative estimate of drug-likeness (QED) is 0.202. The largest absolute Gasteiger partial charge is 0.394 e. The van der Waals surface area contributed by atoms with Crippen molar-refractivity contribution >= 4 is 10.1 Å². The van der Waals surface area contributed by atoms with Crippen molar-refractivity contribution in [2.75, 3.05) is 46.4 Å².